The van der Waals surface area contributed by atoms with Crippen LogP contribution < -0.4 is 5.32 Å². The SMILES string of the molecule is CCCNC(COCCCc1ccccc1)C(=O)O. The Morgan fingerprint density at radius 3 is 2.74 bits per heavy atom. The third-order valence-corrected chi connectivity index (χ3v) is 2.82. The fourth-order valence-electron chi connectivity index (χ4n) is 1.76. The highest BCUT2D eigenvalue weighted by molar-refractivity contribution is 5.73. The van der Waals surface area contributed by atoms with Crippen LogP contribution >= 0.6 is 0 Å². The number of aliphatic carboxylic acids is 1. The predicted molar refractivity (Wildman–Crippen MR) is 75.3 cm³/mol. The standard InChI is InChI=1S/C15H23NO3/c1-2-10-16-14(15(17)18)12-19-11-6-9-13-7-4-3-5-8-13/h3-5,7-8,14,16H,2,6,9-12H2,1H3,(H,17,18). The molecule has 0 amide bonds. The summed E-state index contributed by atoms with van der Waals surface area (Å²) in [5.41, 5.74) is 1.28. The van der Waals surface area contributed by atoms with Gasteiger partial charge in [-0.15, -0.1) is 0 Å². The van der Waals surface area contributed by atoms with E-state index < -0.39 is 12.0 Å². The zero-order chi connectivity index (χ0) is 13.9. The molecule has 106 valence electrons. The monoisotopic (exact) mass is 265 g/mol. The van der Waals surface area contributed by atoms with Gasteiger partial charge in [-0.25, -0.2) is 0 Å². The summed E-state index contributed by atoms with van der Waals surface area (Å²) < 4.78 is 5.43. The molecule has 19 heavy (non-hydrogen) atoms. The number of hydrogen-bond donors (Lipinski definition) is 2. The molecule has 1 aromatic rings. The van der Waals surface area contributed by atoms with Crippen LogP contribution in [0, 0.1) is 0 Å². The molecule has 4 nitrogen and oxygen atoms in total. The van der Waals surface area contributed by atoms with E-state index in [4.69, 9.17) is 9.84 Å². The maximum Gasteiger partial charge on any atom is 0.323 e. The molecule has 0 aliphatic heterocycles. The Morgan fingerprint density at radius 2 is 2.11 bits per heavy atom. The number of carboxylic acid groups (broad SMARTS) is 1. The van der Waals surface area contributed by atoms with E-state index in [0.717, 1.165) is 19.3 Å². The normalized spacial score (nSPS) is 12.3. The lowest BCUT2D eigenvalue weighted by Crippen LogP contribution is -2.41. The fourth-order valence-corrected chi connectivity index (χ4v) is 1.76. The number of aryl methyl sites for hydroxylation is 1. The number of carbonyl (C=O) groups is 1. The Balaban J connectivity index is 2.13. The highest BCUT2D eigenvalue weighted by atomic mass is 16.5. The lowest BCUT2D eigenvalue weighted by molar-refractivity contribution is -0.141. The molecule has 1 atom stereocenters. The van der Waals surface area contributed by atoms with Gasteiger partial charge in [-0.05, 0) is 31.4 Å². The van der Waals surface area contributed by atoms with Gasteiger partial charge < -0.3 is 15.2 Å². The van der Waals surface area contributed by atoms with Gasteiger partial charge >= 0.3 is 5.97 Å². The maximum absolute atomic E-state index is 10.9. The molecule has 1 rings (SSSR count). The highest BCUT2D eigenvalue weighted by Gasteiger charge is 2.15. The highest BCUT2D eigenvalue weighted by Crippen LogP contribution is 2.02. The van der Waals surface area contributed by atoms with Crippen LogP contribution in [0.1, 0.15) is 25.3 Å². The molecule has 0 fully saturated rings. The first kappa shape index (κ1) is 15.7. The van der Waals surface area contributed by atoms with Crippen molar-refractivity contribution in [3.05, 3.63) is 35.9 Å². The van der Waals surface area contributed by atoms with Crippen molar-refractivity contribution in [1.29, 1.82) is 0 Å². The molecule has 0 aliphatic rings. The van der Waals surface area contributed by atoms with Crippen LogP contribution in [0.25, 0.3) is 0 Å². The van der Waals surface area contributed by atoms with Crippen LogP contribution in [-0.2, 0) is 16.0 Å². The molecule has 0 saturated heterocycles. The number of carboxylic acids is 1. The van der Waals surface area contributed by atoms with Crippen molar-refractivity contribution in [3.8, 4) is 0 Å². The third kappa shape index (κ3) is 6.94. The predicted octanol–water partition coefficient (Wildman–Crippen LogP) is 2.09. The summed E-state index contributed by atoms with van der Waals surface area (Å²) in [6.07, 6.45) is 2.78. The van der Waals surface area contributed by atoms with Crippen molar-refractivity contribution in [1.82, 2.24) is 5.32 Å². The van der Waals surface area contributed by atoms with Crippen LogP contribution in [0.15, 0.2) is 30.3 Å². The van der Waals surface area contributed by atoms with E-state index in [2.05, 4.69) is 17.4 Å². The summed E-state index contributed by atoms with van der Waals surface area (Å²) >= 11 is 0. The first-order chi connectivity index (χ1) is 9.24. The molecule has 0 bridgehead atoms. The first-order valence-corrected chi connectivity index (χ1v) is 6.82. The van der Waals surface area contributed by atoms with Gasteiger partial charge in [-0.1, -0.05) is 37.3 Å². The minimum atomic E-state index is -0.850. The quantitative estimate of drug-likeness (QED) is 0.636. The Morgan fingerprint density at radius 1 is 1.37 bits per heavy atom. The van der Waals surface area contributed by atoms with Crippen LogP contribution in [0.5, 0.6) is 0 Å². The van der Waals surface area contributed by atoms with E-state index in [1.54, 1.807) is 0 Å². The summed E-state index contributed by atoms with van der Waals surface area (Å²) in [5.74, 6) is -0.850. The smallest absolute Gasteiger partial charge is 0.323 e. The molecular formula is C15H23NO3. The summed E-state index contributed by atoms with van der Waals surface area (Å²) in [4.78, 5) is 10.9. The average Bonchev–Trinajstić information content (AvgIpc) is 2.42. The van der Waals surface area contributed by atoms with E-state index in [1.165, 1.54) is 5.56 Å². The summed E-state index contributed by atoms with van der Waals surface area (Å²) in [6.45, 7) is 3.52. The molecule has 0 saturated carbocycles. The lowest BCUT2D eigenvalue weighted by Gasteiger charge is -2.14. The summed E-state index contributed by atoms with van der Waals surface area (Å²) in [5, 5.41) is 11.9. The van der Waals surface area contributed by atoms with Gasteiger partial charge in [0.25, 0.3) is 0 Å². The van der Waals surface area contributed by atoms with Crippen LogP contribution in [-0.4, -0.2) is 36.9 Å². The maximum atomic E-state index is 10.9. The Hall–Kier alpha value is -1.39. The van der Waals surface area contributed by atoms with Crippen molar-refractivity contribution >= 4 is 5.97 Å². The van der Waals surface area contributed by atoms with E-state index in [1.807, 2.05) is 25.1 Å². The summed E-state index contributed by atoms with van der Waals surface area (Å²) in [6, 6.07) is 9.61. The molecule has 1 unspecified atom stereocenters. The van der Waals surface area contributed by atoms with E-state index >= 15 is 0 Å². The van der Waals surface area contributed by atoms with Gasteiger partial charge in [0.15, 0.2) is 0 Å². The van der Waals surface area contributed by atoms with Crippen LogP contribution in [0.4, 0.5) is 0 Å². The zero-order valence-corrected chi connectivity index (χ0v) is 11.5. The molecule has 0 spiro atoms. The molecule has 4 heteroatoms. The van der Waals surface area contributed by atoms with E-state index in [-0.39, 0.29) is 6.61 Å². The second-order valence-corrected chi connectivity index (χ2v) is 4.51. The minimum Gasteiger partial charge on any atom is -0.480 e. The Labute approximate surface area is 114 Å². The van der Waals surface area contributed by atoms with Crippen molar-refractivity contribution in [2.75, 3.05) is 19.8 Å². The van der Waals surface area contributed by atoms with Crippen molar-refractivity contribution in [3.63, 3.8) is 0 Å². The van der Waals surface area contributed by atoms with Crippen LogP contribution in [0.3, 0.4) is 0 Å². The van der Waals surface area contributed by atoms with Crippen molar-refractivity contribution in [2.24, 2.45) is 0 Å². The fraction of sp³-hybridized carbons (Fsp3) is 0.533. The number of benzene rings is 1. The van der Waals surface area contributed by atoms with E-state index in [0.29, 0.717) is 13.2 Å². The minimum absolute atomic E-state index is 0.226. The number of nitrogens with one attached hydrogen (secondary N) is 1. The van der Waals surface area contributed by atoms with Crippen LogP contribution in [0.2, 0.25) is 0 Å². The molecule has 1 aromatic carbocycles. The molecule has 0 radical (unpaired) electrons. The third-order valence-electron chi connectivity index (χ3n) is 2.82. The molecular weight excluding hydrogens is 242 g/mol. The van der Waals surface area contributed by atoms with Crippen molar-refractivity contribution < 1.29 is 14.6 Å². The van der Waals surface area contributed by atoms with Gasteiger partial charge in [0, 0.05) is 6.61 Å². The molecule has 0 heterocycles. The average molecular weight is 265 g/mol. The molecule has 2 N–H and O–H groups in total. The number of hydrogen-bond acceptors (Lipinski definition) is 3. The topological polar surface area (TPSA) is 58.6 Å². The molecule has 0 aromatic heterocycles. The molecule has 0 aliphatic carbocycles. The first-order valence-electron chi connectivity index (χ1n) is 6.82. The number of ether oxygens (including phenoxy) is 1. The van der Waals surface area contributed by atoms with Gasteiger partial charge in [0.05, 0.1) is 6.61 Å². The number of rotatable bonds is 10. The zero-order valence-electron chi connectivity index (χ0n) is 11.5. The Kier molecular flexibility index (Phi) is 7.86. The van der Waals surface area contributed by atoms with Crippen molar-refractivity contribution in [2.45, 2.75) is 32.2 Å². The van der Waals surface area contributed by atoms with Gasteiger partial charge in [0.1, 0.15) is 6.04 Å². The van der Waals surface area contributed by atoms with Gasteiger partial charge in [-0.2, -0.15) is 0 Å². The second kappa shape index (κ2) is 9.53. The lowest BCUT2D eigenvalue weighted by atomic mass is 10.1. The largest absolute Gasteiger partial charge is 0.480 e. The van der Waals surface area contributed by atoms with E-state index in [9.17, 15) is 4.79 Å². The Bertz CT molecular complexity index is 354. The van der Waals surface area contributed by atoms with Gasteiger partial charge in [0.2, 0.25) is 0 Å². The summed E-state index contributed by atoms with van der Waals surface area (Å²) in [7, 11) is 0. The van der Waals surface area contributed by atoms with Gasteiger partial charge in [-0.3, -0.25) is 4.79 Å². The second-order valence-electron chi connectivity index (χ2n) is 4.51.